The van der Waals surface area contributed by atoms with E-state index in [-0.39, 0.29) is 24.8 Å². The van der Waals surface area contributed by atoms with Gasteiger partial charge in [-0.15, -0.1) is 12.4 Å². The number of hydrogen-bond donors (Lipinski definition) is 0. The molecule has 0 saturated carbocycles. The van der Waals surface area contributed by atoms with E-state index in [1.54, 1.807) is 18.2 Å². The number of carbonyl (C=O) groups is 1. The van der Waals surface area contributed by atoms with Crippen LogP contribution in [0.3, 0.4) is 0 Å². The lowest BCUT2D eigenvalue weighted by Crippen LogP contribution is -2.28. The third kappa shape index (κ3) is 8.26. The Morgan fingerprint density at radius 1 is 1.35 bits per heavy atom. The fraction of sp³-hybridized carbons (Fsp3) is 0.471. The number of benzene rings is 1. The van der Waals surface area contributed by atoms with Crippen LogP contribution in [0.5, 0.6) is 5.75 Å². The summed E-state index contributed by atoms with van der Waals surface area (Å²) < 4.78 is 10.6. The SMILES string of the molecule is C=CCOc1ccc(CC(=O)OCCN(CC)CC)cc1Cl.Cl. The zero-order valence-corrected chi connectivity index (χ0v) is 15.3. The molecule has 23 heavy (non-hydrogen) atoms. The molecule has 0 aromatic heterocycles. The van der Waals surface area contributed by atoms with E-state index in [2.05, 4.69) is 25.3 Å². The lowest BCUT2D eigenvalue weighted by Gasteiger charge is -2.17. The van der Waals surface area contributed by atoms with Crippen molar-refractivity contribution in [1.82, 2.24) is 4.90 Å². The monoisotopic (exact) mass is 361 g/mol. The predicted octanol–water partition coefficient (Wildman–Crippen LogP) is 3.75. The molecule has 0 amide bonds. The molecule has 6 heteroatoms. The van der Waals surface area contributed by atoms with Crippen LogP contribution in [0.4, 0.5) is 0 Å². The van der Waals surface area contributed by atoms with E-state index >= 15 is 0 Å². The highest BCUT2D eigenvalue weighted by Gasteiger charge is 2.09. The van der Waals surface area contributed by atoms with E-state index in [9.17, 15) is 4.79 Å². The lowest BCUT2D eigenvalue weighted by molar-refractivity contribution is -0.143. The maximum Gasteiger partial charge on any atom is 0.310 e. The highest BCUT2D eigenvalue weighted by Crippen LogP contribution is 2.25. The summed E-state index contributed by atoms with van der Waals surface area (Å²) >= 11 is 6.11. The molecular weight excluding hydrogens is 337 g/mol. The van der Waals surface area contributed by atoms with E-state index in [1.165, 1.54) is 0 Å². The van der Waals surface area contributed by atoms with Crippen molar-refractivity contribution in [2.75, 3.05) is 32.8 Å². The van der Waals surface area contributed by atoms with Crippen LogP contribution in [0.25, 0.3) is 0 Å². The van der Waals surface area contributed by atoms with Gasteiger partial charge in [0.05, 0.1) is 11.4 Å². The number of halogens is 2. The van der Waals surface area contributed by atoms with Gasteiger partial charge in [0.2, 0.25) is 0 Å². The van der Waals surface area contributed by atoms with E-state index in [0.29, 0.717) is 24.0 Å². The van der Waals surface area contributed by atoms with Crippen LogP contribution in [-0.4, -0.2) is 43.7 Å². The van der Waals surface area contributed by atoms with Crippen LogP contribution in [0.1, 0.15) is 19.4 Å². The molecule has 1 rings (SSSR count). The molecule has 0 saturated heterocycles. The van der Waals surface area contributed by atoms with Crippen LogP contribution >= 0.6 is 24.0 Å². The van der Waals surface area contributed by atoms with Gasteiger partial charge in [0.15, 0.2) is 0 Å². The lowest BCUT2D eigenvalue weighted by atomic mass is 10.1. The van der Waals surface area contributed by atoms with Crippen molar-refractivity contribution < 1.29 is 14.3 Å². The Morgan fingerprint density at radius 2 is 2.04 bits per heavy atom. The van der Waals surface area contributed by atoms with Crippen molar-refractivity contribution in [3.63, 3.8) is 0 Å². The van der Waals surface area contributed by atoms with Gasteiger partial charge in [-0.3, -0.25) is 4.79 Å². The van der Waals surface area contributed by atoms with Gasteiger partial charge in [0.1, 0.15) is 19.0 Å². The summed E-state index contributed by atoms with van der Waals surface area (Å²) in [5.41, 5.74) is 0.809. The molecule has 130 valence electrons. The van der Waals surface area contributed by atoms with E-state index in [4.69, 9.17) is 21.1 Å². The minimum atomic E-state index is -0.247. The van der Waals surface area contributed by atoms with Crippen molar-refractivity contribution in [1.29, 1.82) is 0 Å². The van der Waals surface area contributed by atoms with Crippen LogP contribution in [-0.2, 0) is 16.0 Å². The quantitative estimate of drug-likeness (QED) is 0.469. The van der Waals surface area contributed by atoms with Gasteiger partial charge >= 0.3 is 5.97 Å². The second kappa shape index (κ2) is 12.2. The zero-order valence-electron chi connectivity index (χ0n) is 13.7. The maximum atomic E-state index is 11.8. The first-order valence-corrected chi connectivity index (χ1v) is 7.88. The van der Waals surface area contributed by atoms with Gasteiger partial charge in [0.25, 0.3) is 0 Å². The van der Waals surface area contributed by atoms with Crippen LogP contribution in [0, 0.1) is 0 Å². The number of likely N-dealkylation sites (N-methyl/N-ethyl adjacent to an activating group) is 1. The topological polar surface area (TPSA) is 38.8 Å². The van der Waals surface area contributed by atoms with Gasteiger partial charge in [-0.1, -0.05) is 44.2 Å². The Hall–Kier alpha value is -1.23. The smallest absolute Gasteiger partial charge is 0.310 e. The molecule has 0 radical (unpaired) electrons. The van der Waals surface area contributed by atoms with Crippen molar-refractivity contribution >= 4 is 30.0 Å². The molecule has 1 aromatic rings. The summed E-state index contributed by atoms with van der Waals surface area (Å²) in [5.74, 6) is 0.336. The van der Waals surface area contributed by atoms with Crippen LogP contribution in [0.15, 0.2) is 30.9 Å². The normalized spacial score (nSPS) is 10.1. The summed E-state index contributed by atoms with van der Waals surface area (Å²) in [5, 5.41) is 0.482. The Kier molecular flexibility index (Phi) is 11.6. The summed E-state index contributed by atoms with van der Waals surface area (Å²) in [6.07, 6.45) is 1.86. The Balaban J connectivity index is 0.00000484. The standard InChI is InChI=1S/C17H24ClNO3.ClH/c1-4-10-21-16-8-7-14(12-15(16)18)13-17(20)22-11-9-19(5-2)6-3;/h4,7-8,12H,1,5-6,9-11,13H2,2-3H3;1H. The Bertz CT molecular complexity index is 491. The number of hydrogen-bond acceptors (Lipinski definition) is 4. The molecule has 4 nitrogen and oxygen atoms in total. The summed E-state index contributed by atoms with van der Waals surface area (Å²) in [4.78, 5) is 14.0. The Morgan fingerprint density at radius 3 is 2.61 bits per heavy atom. The molecule has 0 atom stereocenters. The second-order valence-electron chi connectivity index (χ2n) is 4.79. The molecule has 0 heterocycles. The van der Waals surface area contributed by atoms with Crippen molar-refractivity contribution in [2.24, 2.45) is 0 Å². The highest BCUT2D eigenvalue weighted by molar-refractivity contribution is 6.32. The summed E-state index contributed by atoms with van der Waals surface area (Å²) in [7, 11) is 0. The minimum Gasteiger partial charge on any atom is -0.488 e. The molecule has 0 N–H and O–H groups in total. The number of ether oxygens (including phenoxy) is 2. The van der Waals surface area contributed by atoms with E-state index in [1.807, 2.05) is 6.07 Å². The largest absolute Gasteiger partial charge is 0.488 e. The molecule has 0 unspecified atom stereocenters. The summed E-state index contributed by atoms with van der Waals surface area (Å²) in [6, 6.07) is 5.30. The Labute approximate surface area is 149 Å². The van der Waals surface area contributed by atoms with Gasteiger partial charge in [-0.25, -0.2) is 0 Å². The molecule has 0 bridgehead atoms. The number of esters is 1. The average molecular weight is 362 g/mol. The molecule has 1 aromatic carbocycles. The third-order valence-electron chi connectivity index (χ3n) is 3.27. The van der Waals surface area contributed by atoms with Gasteiger partial charge in [0, 0.05) is 6.54 Å². The van der Waals surface area contributed by atoms with Crippen LogP contribution in [0.2, 0.25) is 5.02 Å². The molecule has 0 spiro atoms. The van der Waals surface area contributed by atoms with Gasteiger partial charge in [-0.2, -0.15) is 0 Å². The molecular formula is C17H25Cl2NO3. The van der Waals surface area contributed by atoms with Crippen molar-refractivity contribution in [2.45, 2.75) is 20.3 Å². The zero-order chi connectivity index (χ0) is 16.4. The molecule has 0 aliphatic rings. The first-order valence-electron chi connectivity index (χ1n) is 7.50. The third-order valence-corrected chi connectivity index (χ3v) is 3.56. The summed E-state index contributed by atoms with van der Waals surface area (Å²) in [6.45, 7) is 11.2. The van der Waals surface area contributed by atoms with Crippen molar-refractivity contribution in [3.05, 3.63) is 41.4 Å². The first kappa shape index (κ1) is 21.8. The first-order chi connectivity index (χ1) is 10.6. The van der Waals surface area contributed by atoms with Crippen LogP contribution < -0.4 is 4.74 Å². The number of rotatable bonds is 10. The average Bonchev–Trinajstić information content (AvgIpc) is 2.51. The van der Waals surface area contributed by atoms with E-state index in [0.717, 1.165) is 25.2 Å². The maximum absolute atomic E-state index is 11.8. The van der Waals surface area contributed by atoms with Gasteiger partial charge < -0.3 is 14.4 Å². The fourth-order valence-corrected chi connectivity index (χ4v) is 2.22. The number of carbonyl (C=O) groups excluding carboxylic acids is 1. The second-order valence-corrected chi connectivity index (χ2v) is 5.20. The van der Waals surface area contributed by atoms with Gasteiger partial charge in [-0.05, 0) is 30.8 Å². The highest BCUT2D eigenvalue weighted by atomic mass is 35.5. The van der Waals surface area contributed by atoms with E-state index < -0.39 is 0 Å². The predicted molar refractivity (Wildman–Crippen MR) is 96.8 cm³/mol. The van der Waals surface area contributed by atoms with Crippen molar-refractivity contribution in [3.8, 4) is 5.75 Å². The molecule has 0 fully saturated rings. The molecule has 0 aliphatic heterocycles. The molecule has 0 aliphatic carbocycles. The fourth-order valence-electron chi connectivity index (χ4n) is 1.97. The minimum absolute atomic E-state index is 0. The number of nitrogens with zero attached hydrogens (tertiary/aromatic N) is 1.